The topological polar surface area (TPSA) is 46.3 Å². The highest BCUT2D eigenvalue weighted by Crippen LogP contribution is 2.17. The molecule has 0 radical (unpaired) electrons. The Morgan fingerprint density at radius 2 is 1.79 bits per heavy atom. The third-order valence-corrected chi connectivity index (χ3v) is 4.21. The highest BCUT2D eigenvalue weighted by atomic mass is 79.9. The molecule has 1 amide bonds. The van der Waals surface area contributed by atoms with Gasteiger partial charge in [-0.05, 0) is 45.6 Å². The van der Waals surface area contributed by atoms with Crippen molar-refractivity contribution in [2.45, 2.75) is 12.8 Å². The number of carbonyl (C=O) groups is 1. The Morgan fingerprint density at radius 1 is 1.08 bits per heavy atom. The lowest BCUT2D eigenvalue weighted by Crippen LogP contribution is -2.37. The lowest BCUT2D eigenvalue weighted by atomic mass is 10.1. The average molecular weight is 416 g/mol. The van der Waals surface area contributed by atoms with Crippen molar-refractivity contribution in [3.05, 3.63) is 69.9 Å². The van der Waals surface area contributed by atoms with E-state index in [0.29, 0.717) is 24.1 Å². The van der Waals surface area contributed by atoms with E-state index in [1.54, 1.807) is 17.0 Å². The maximum Gasteiger partial charge on any atom is 0.227 e. The predicted octanol–water partition coefficient (Wildman–Crippen LogP) is 3.58. The molecule has 0 aliphatic heterocycles. The zero-order valence-electron chi connectivity index (χ0n) is 13.3. The standard InChI is InChI=1S/C18H20BrFN2O.ClH/c19-16-12-15(6-7-17(16)20)13-18(23)22(11-9-21)10-8-14-4-2-1-3-5-14;/h1-7,12H,8-11,13,21H2;1H. The van der Waals surface area contributed by atoms with Gasteiger partial charge in [-0.2, -0.15) is 0 Å². The number of benzene rings is 2. The number of halogens is 3. The van der Waals surface area contributed by atoms with Crippen molar-refractivity contribution in [2.75, 3.05) is 19.6 Å². The molecule has 0 aliphatic carbocycles. The predicted molar refractivity (Wildman–Crippen MR) is 101 cm³/mol. The maximum absolute atomic E-state index is 13.3. The van der Waals surface area contributed by atoms with Crippen LogP contribution in [0, 0.1) is 5.82 Å². The first-order valence-corrected chi connectivity index (χ1v) is 8.35. The van der Waals surface area contributed by atoms with Crippen molar-refractivity contribution in [3.8, 4) is 0 Å². The highest BCUT2D eigenvalue weighted by Gasteiger charge is 2.14. The van der Waals surface area contributed by atoms with Gasteiger partial charge in [0.1, 0.15) is 5.82 Å². The van der Waals surface area contributed by atoms with Gasteiger partial charge in [-0.1, -0.05) is 36.4 Å². The van der Waals surface area contributed by atoms with E-state index in [1.807, 2.05) is 30.3 Å². The first-order valence-electron chi connectivity index (χ1n) is 7.56. The summed E-state index contributed by atoms with van der Waals surface area (Å²) in [6.07, 6.45) is 1.04. The van der Waals surface area contributed by atoms with Gasteiger partial charge in [0.25, 0.3) is 0 Å². The SMILES string of the molecule is Cl.NCCN(CCc1ccccc1)C(=O)Cc1ccc(F)c(Br)c1. The molecular weight excluding hydrogens is 395 g/mol. The lowest BCUT2D eigenvalue weighted by Gasteiger charge is -2.22. The van der Waals surface area contributed by atoms with E-state index in [1.165, 1.54) is 11.6 Å². The summed E-state index contributed by atoms with van der Waals surface area (Å²) in [4.78, 5) is 14.2. The highest BCUT2D eigenvalue weighted by molar-refractivity contribution is 9.10. The van der Waals surface area contributed by atoms with E-state index < -0.39 is 0 Å². The minimum atomic E-state index is -0.330. The van der Waals surface area contributed by atoms with Crippen LogP contribution in [-0.2, 0) is 17.6 Å². The first kappa shape index (κ1) is 20.6. The molecule has 0 fully saturated rings. The van der Waals surface area contributed by atoms with Crippen molar-refractivity contribution in [1.82, 2.24) is 4.90 Å². The van der Waals surface area contributed by atoms with Gasteiger partial charge in [0, 0.05) is 19.6 Å². The van der Waals surface area contributed by atoms with Crippen LogP contribution in [0.25, 0.3) is 0 Å². The van der Waals surface area contributed by atoms with Gasteiger partial charge in [0.05, 0.1) is 10.9 Å². The smallest absolute Gasteiger partial charge is 0.227 e. The van der Waals surface area contributed by atoms with E-state index in [0.717, 1.165) is 12.0 Å². The van der Waals surface area contributed by atoms with Gasteiger partial charge >= 0.3 is 0 Å². The summed E-state index contributed by atoms with van der Waals surface area (Å²) >= 11 is 3.15. The van der Waals surface area contributed by atoms with Crippen LogP contribution in [0.1, 0.15) is 11.1 Å². The lowest BCUT2D eigenvalue weighted by molar-refractivity contribution is -0.130. The number of hydrogen-bond donors (Lipinski definition) is 1. The number of nitrogens with two attached hydrogens (primary N) is 1. The molecule has 2 aromatic carbocycles. The minimum Gasteiger partial charge on any atom is -0.341 e. The van der Waals surface area contributed by atoms with Gasteiger partial charge in [0.15, 0.2) is 0 Å². The van der Waals surface area contributed by atoms with Crippen LogP contribution in [0.15, 0.2) is 53.0 Å². The molecule has 2 aromatic rings. The minimum absolute atomic E-state index is 0. The molecule has 0 unspecified atom stereocenters. The van der Waals surface area contributed by atoms with Crippen LogP contribution in [0.5, 0.6) is 0 Å². The van der Waals surface area contributed by atoms with Crippen LogP contribution >= 0.6 is 28.3 Å². The molecule has 0 atom stereocenters. The molecule has 0 heterocycles. The van der Waals surface area contributed by atoms with Gasteiger partial charge < -0.3 is 10.6 Å². The van der Waals surface area contributed by atoms with Gasteiger partial charge in [0.2, 0.25) is 5.91 Å². The second-order valence-electron chi connectivity index (χ2n) is 5.33. The molecular formula is C18H21BrClFN2O. The van der Waals surface area contributed by atoms with E-state index in [4.69, 9.17) is 5.73 Å². The summed E-state index contributed by atoms with van der Waals surface area (Å²) < 4.78 is 13.6. The van der Waals surface area contributed by atoms with Crippen LogP contribution in [0.4, 0.5) is 4.39 Å². The molecule has 0 aromatic heterocycles. The van der Waals surface area contributed by atoms with Crippen molar-refractivity contribution in [2.24, 2.45) is 5.73 Å². The monoisotopic (exact) mass is 414 g/mol. The largest absolute Gasteiger partial charge is 0.341 e. The fourth-order valence-corrected chi connectivity index (χ4v) is 2.79. The van der Waals surface area contributed by atoms with Crippen molar-refractivity contribution in [1.29, 1.82) is 0 Å². The number of hydrogen-bond acceptors (Lipinski definition) is 2. The third-order valence-electron chi connectivity index (χ3n) is 3.60. The maximum atomic E-state index is 13.3. The average Bonchev–Trinajstić information content (AvgIpc) is 2.55. The summed E-state index contributed by atoms with van der Waals surface area (Å²) in [6.45, 7) is 1.57. The van der Waals surface area contributed by atoms with E-state index >= 15 is 0 Å². The van der Waals surface area contributed by atoms with Crippen LogP contribution in [0.2, 0.25) is 0 Å². The molecule has 0 saturated carbocycles. The molecule has 0 spiro atoms. The Kier molecular flexibility index (Phi) is 8.97. The first-order chi connectivity index (χ1) is 11.1. The van der Waals surface area contributed by atoms with Crippen molar-refractivity contribution < 1.29 is 9.18 Å². The summed E-state index contributed by atoms with van der Waals surface area (Å²) in [6, 6.07) is 14.7. The molecule has 24 heavy (non-hydrogen) atoms. The summed E-state index contributed by atoms with van der Waals surface area (Å²) in [5.41, 5.74) is 7.59. The molecule has 0 saturated heterocycles. The molecule has 130 valence electrons. The Morgan fingerprint density at radius 3 is 2.42 bits per heavy atom. The van der Waals surface area contributed by atoms with E-state index in [-0.39, 0.29) is 30.6 Å². The molecule has 6 heteroatoms. The molecule has 0 bridgehead atoms. The molecule has 0 aliphatic rings. The zero-order valence-corrected chi connectivity index (χ0v) is 15.7. The number of carbonyl (C=O) groups excluding carboxylic acids is 1. The summed E-state index contributed by atoms with van der Waals surface area (Å²) in [5.74, 6) is -0.325. The van der Waals surface area contributed by atoms with Crippen LogP contribution in [-0.4, -0.2) is 30.4 Å². The Labute approximate surface area is 156 Å². The summed E-state index contributed by atoms with van der Waals surface area (Å²) in [7, 11) is 0. The fourth-order valence-electron chi connectivity index (χ4n) is 2.36. The molecule has 3 nitrogen and oxygen atoms in total. The Hall–Kier alpha value is -1.43. The van der Waals surface area contributed by atoms with Gasteiger partial charge in [-0.25, -0.2) is 4.39 Å². The zero-order chi connectivity index (χ0) is 16.7. The van der Waals surface area contributed by atoms with Crippen LogP contribution in [0.3, 0.4) is 0 Å². The van der Waals surface area contributed by atoms with Crippen molar-refractivity contribution in [3.63, 3.8) is 0 Å². The van der Waals surface area contributed by atoms with E-state index in [2.05, 4.69) is 15.9 Å². The van der Waals surface area contributed by atoms with Gasteiger partial charge in [-0.15, -0.1) is 12.4 Å². The number of rotatable bonds is 7. The molecule has 2 N–H and O–H groups in total. The Bertz CT molecular complexity index is 655. The van der Waals surface area contributed by atoms with E-state index in [9.17, 15) is 9.18 Å². The summed E-state index contributed by atoms with van der Waals surface area (Å²) in [5, 5.41) is 0. The quantitative estimate of drug-likeness (QED) is 0.751. The normalized spacial score (nSPS) is 10.1. The number of amides is 1. The van der Waals surface area contributed by atoms with Crippen LogP contribution < -0.4 is 5.73 Å². The Balaban J connectivity index is 0.00000288. The third kappa shape index (κ3) is 6.23. The second-order valence-corrected chi connectivity index (χ2v) is 6.18. The molecule has 2 rings (SSSR count). The fraction of sp³-hybridized carbons (Fsp3) is 0.278. The van der Waals surface area contributed by atoms with Gasteiger partial charge in [-0.3, -0.25) is 4.79 Å². The second kappa shape index (κ2) is 10.4. The van der Waals surface area contributed by atoms with Crippen molar-refractivity contribution >= 4 is 34.2 Å². The number of nitrogens with zero attached hydrogens (tertiary/aromatic N) is 1.